The zero-order chi connectivity index (χ0) is 25.9. The largest absolute Gasteiger partial charge is 0.480 e. The van der Waals surface area contributed by atoms with Gasteiger partial charge in [-0.15, -0.1) is 0 Å². The van der Waals surface area contributed by atoms with E-state index in [-0.39, 0.29) is 19.1 Å². The molecule has 36 heavy (non-hydrogen) atoms. The van der Waals surface area contributed by atoms with Gasteiger partial charge in [0.2, 0.25) is 0 Å². The fourth-order valence-electron chi connectivity index (χ4n) is 5.03. The molecule has 1 saturated heterocycles. The van der Waals surface area contributed by atoms with E-state index in [1.54, 1.807) is 25.7 Å². The minimum absolute atomic E-state index is 0.103. The Balaban J connectivity index is 1.49. The SMILES string of the molecule is CC(C)(C)OC(=O)N1CCCCC(N(CC(=O)O)C(=O)OCC2c3ccccc3-c3ccccc32)C1. The van der Waals surface area contributed by atoms with E-state index in [0.29, 0.717) is 13.0 Å². The lowest BCUT2D eigenvalue weighted by Crippen LogP contribution is -2.50. The number of carboxylic acids is 1. The Bertz CT molecular complexity index is 1080. The second-order valence-corrected chi connectivity index (χ2v) is 10.4. The molecule has 8 heteroatoms. The topological polar surface area (TPSA) is 96.4 Å². The third-order valence-corrected chi connectivity index (χ3v) is 6.62. The maximum absolute atomic E-state index is 13.3. The summed E-state index contributed by atoms with van der Waals surface area (Å²) in [4.78, 5) is 40.5. The summed E-state index contributed by atoms with van der Waals surface area (Å²) in [6, 6.07) is 15.6. The van der Waals surface area contributed by atoms with Gasteiger partial charge in [-0.2, -0.15) is 0 Å². The van der Waals surface area contributed by atoms with Crippen molar-refractivity contribution in [2.24, 2.45) is 0 Å². The number of fused-ring (bicyclic) bond motifs is 3. The number of carbonyl (C=O) groups excluding carboxylic acids is 2. The molecule has 0 saturated carbocycles. The maximum atomic E-state index is 13.3. The highest BCUT2D eigenvalue weighted by Gasteiger charge is 2.35. The minimum atomic E-state index is -1.13. The van der Waals surface area contributed by atoms with Crippen LogP contribution >= 0.6 is 0 Å². The summed E-state index contributed by atoms with van der Waals surface area (Å²) >= 11 is 0. The fraction of sp³-hybridized carbons (Fsp3) is 0.464. The second-order valence-electron chi connectivity index (χ2n) is 10.4. The second kappa shape index (κ2) is 10.6. The van der Waals surface area contributed by atoms with Crippen LogP contribution in [0.5, 0.6) is 0 Å². The van der Waals surface area contributed by atoms with Gasteiger partial charge in [0.1, 0.15) is 18.8 Å². The summed E-state index contributed by atoms with van der Waals surface area (Å²) in [6.45, 7) is 5.70. The van der Waals surface area contributed by atoms with Crippen LogP contribution in [0, 0.1) is 0 Å². The summed E-state index contributed by atoms with van der Waals surface area (Å²) in [5.41, 5.74) is 3.76. The first-order chi connectivity index (χ1) is 17.1. The van der Waals surface area contributed by atoms with E-state index in [2.05, 4.69) is 12.1 Å². The standard InChI is InChI=1S/C28H34N2O6/c1-28(2,3)36-26(33)29-15-9-8-10-19(16-29)30(17-25(31)32)27(34)35-18-24-22-13-6-4-11-20(22)21-12-5-7-14-23(21)24/h4-7,11-14,19,24H,8-10,15-18H2,1-3H3,(H,31,32). The van der Waals surface area contributed by atoms with E-state index in [9.17, 15) is 19.5 Å². The monoisotopic (exact) mass is 494 g/mol. The molecule has 2 amide bonds. The lowest BCUT2D eigenvalue weighted by molar-refractivity contribution is -0.138. The molecule has 1 fully saturated rings. The summed E-state index contributed by atoms with van der Waals surface area (Å²) in [5, 5.41) is 9.55. The number of hydrogen-bond acceptors (Lipinski definition) is 5. The van der Waals surface area contributed by atoms with E-state index < -0.39 is 36.3 Å². The van der Waals surface area contributed by atoms with Crippen LogP contribution in [0.3, 0.4) is 0 Å². The van der Waals surface area contributed by atoms with Gasteiger partial charge < -0.3 is 19.5 Å². The molecule has 1 aliphatic heterocycles. The van der Waals surface area contributed by atoms with Crippen molar-refractivity contribution < 1.29 is 29.0 Å². The molecule has 2 aliphatic rings. The Morgan fingerprint density at radius 2 is 1.61 bits per heavy atom. The molecular weight excluding hydrogens is 460 g/mol. The van der Waals surface area contributed by atoms with Crippen molar-refractivity contribution in [1.29, 1.82) is 0 Å². The molecule has 1 unspecified atom stereocenters. The van der Waals surface area contributed by atoms with Gasteiger partial charge in [-0.05, 0) is 62.3 Å². The van der Waals surface area contributed by atoms with Gasteiger partial charge in [0.25, 0.3) is 0 Å². The minimum Gasteiger partial charge on any atom is -0.480 e. The van der Waals surface area contributed by atoms with Gasteiger partial charge in [0.05, 0.1) is 6.04 Å². The summed E-state index contributed by atoms with van der Waals surface area (Å²) in [6.07, 6.45) is 0.946. The van der Waals surface area contributed by atoms with Crippen LogP contribution in [0.4, 0.5) is 9.59 Å². The Kier molecular flexibility index (Phi) is 7.52. The molecule has 192 valence electrons. The van der Waals surface area contributed by atoms with Crippen LogP contribution < -0.4 is 0 Å². The van der Waals surface area contributed by atoms with Crippen molar-refractivity contribution in [2.45, 2.75) is 57.6 Å². The number of ether oxygens (including phenoxy) is 2. The Morgan fingerprint density at radius 3 is 2.19 bits per heavy atom. The molecule has 1 N–H and O–H groups in total. The predicted molar refractivity (Wildman–Crippen MR) is 135 cm³/mol. The van der Waals surface area contributed by atoms with E-state index in [0.717, 1.165) is 35.1 Å². The van der Waals surface area contributed by atoms with E-state index in [1.807, 2.05) is 36.4 Å². The molecule has 0 spiro atoms. The van der Waals surface area contributed by atoms with Crippen LogP contribution in [-0.4, -0.2) is 70.9 Å². The number of aliphatic carboxylic acids is 1. The molecular formula is C28H34N2O6. The van der Waals surface area contributed by atoms with Crippen molar-refractivity contribution in [1.82, 2.24) is 9.80 Å². The molecule has 2 aromatic rings. The van der Waals surface area contributed by atoms with Crippen LogP contribution in [0.25, 0.3) is 11.1 Å². The zero-order valence-electron chi connectivity index (χ0n) is 21.1. The number of rotatable bonds is 5. The van der Waals surface area contributed by atoms with Crippen LogP contribution in [-0.2, 0) is 14.3 Å². The molecule has 8 nitrogen and oxygen atoms in total. The molecule has 1 heterocycles. The molecule has 0 bridgehead atoms. The highest BCUT2D eigenvalue weighted by atomic mass is 16.6. The first-order valence-corrected chi connectivity index (χ1v) is 12.5. The Labute approximate surface area is 211 Å². The highest BCUT2D eigenvalue weighted by molar-refractivity contribution is 5.80. The van der Waals surface area contributed by atoms with E-state index >= 15 is 0 Å². The number of hydrogen-bond donors (Lipinski definition) is 1. The van der Waals surface area contributed by atoms with E-state index in [4.69, 9.17) is 9.47 Å². The lowest BCUT2D eigenvalue weighted by Gasteiger charge is -2.33. The average Bonchev–Trinajstić information content (AvgIpc) is 2.95. The quantitative estimate of drug-likeness (QED) is 0.620. The normalized spacial score (nSPS) is 17.5. The molecule has 0 aromatic heterocycles. The Morgan fingerprint density at radius 1 is 1.00 bits per heavy atom. The van der Waals surface area contributed by atoms with Crippen LogP contribution in [0.1, 0.15) is 57.1 Å². The summed E-state index contributed by atoms with van der Waals surface area (Å²) in [5.74, 6) is -1.25. The number of carboxylic acid groups (broad SMARTS) is 1. The molecule has 2 aromatic carbocycles. The van der Waals surface area contributed by atoms with Crippen molar-refractivity contribution >= 4 is 18.2 Å². The maximum Gasteiger partial charge on any atom is 0.410 e. The number of likely N-dealkylation sites (tertiary alicyclic amines) is 1. The van der Waals surface area contributed by atoms with Gasteiger partial charge in [-0.1, -0.05) is 48.5 Å². The summed E-state index contributed by atoms with van der Waals surface area (Å²) < 4.78 is 11.3. The number of nitrogens with zero attached hydrogens (tertiary/aromatic N) is 2. The first kappa shape index (κ1) is 25.5. The number of benzene rings is 2. The van der Waals surface area contributed by atoms with Gasteiger partial charge in [-0.25, -0.2) is 9.59 Å². The number of amides is 2. The van der Waals surface area contributed by atoms with Gasteiger partial charge in [0, 0.05) is 19.0 Å². The molecule has 4 rings (SSSR count). The third-order valence-electron chi connectivity index (χ3n) is 6.62. The molecule has 0 radical (unpaired) electrons. The van der Waals surface area contributed by atoms with Crippen molar-refractivity contribution in [3.05, 3.63) is 59.7 Å². The fourth-order valence-corrected chi connectivity index (χ4v) is 5.03. The van der Waals surface area contributed by atoms with E-state index in [1.165, 1.54) is 4.90 Å². The first-order valence-electron chi connectivity index (χ1n) is 12.5. The van der Waals surface area contributed by atoms with Gasteiger partial charge in [0.15, 0.2) is 0 Å². The van der Waals surface area contributed by atoms with Crippen molar-refractivity contribution in [2.75, 3.05) is 26.2 Å². The van der Waals surface area contributed by atoms with Crippen LogP contribution in [0.15, 0.2) is 48.5 Å². The van der Waals surface area contributed by atoms with Crippen molar-refractivity contribution in [3.63, 3.8) is 0 Å². The zero-order valence-corrected chi connectivity index (χ0v) is 21.1. The summed E-state index contributed by atoms with van der Waals surface area (Å²) in [7, 11) is 0. The smallest absolute Gasteiger partial charge is 0.410 e. The predicted octanol–water partition coefficient (Wildman–Crippen LogP) is 5.11. The third kappa shape index (κ3) is 5.80. The molecule has 1 atom stereocenters. The lowest BCUT2D eigenvalue weighted by atomic mass is 9.98. The molecule has 1 aliphatic carbocycles. The number of carbonyl (C=O) groups is 3. The Hall–Kier alpha value is -3.55. The van der Waals surface area contributed by atoms with Gasteiger partial charge in [-0.3, -0.25) is 9.69 Å². The van der Waals surface area contributed by atoms with Crippen LogP contribution in [0.2, 0.25) is 0 Å². The van der Waals surface area contributed by atoms with Gasteiger partial charge >= 0.3 is 18.2 Å². The van der Waals surface area contributed by atoms with Crippen molar-refractivity contribution in [3.8, 4) is 11.1 Å². The average molecular weight is 495 g/mol. The highest BCUT2D eigenvalue weighted by Crippen LogP contribution is 2.44.